The van der Waals surface area contributed by atoms with Crippen molar-refractivity contribution in [2.75, 3.05) is 0 Å². The molecule has 0 spiro atoms. The minimum atomic E-state index is 0.592. The van der Waals surface area contributed by atoms with Gasteiger partial charge in [-0.3, -0.25) is 0 Å². The van der Waals surface area contributed by atoms with Gasteiger partial charge in [0.1, 0.15) is 0 Å². The summed E-state index contributed by atoms with van der Waals surface area (Å²) in [5.41, 5.74) is 10.3. The zero-order chi connectivity index (χ0) is 29.1. The molecule has 0 aliphatic rings. The lowest BCUT2D eigenvalue weighted by atomic mass is 9.87. The van der Waals surface area contributed by atoms with Gasteiger partial charge in [0, 0.05) is 0 Å². The summed E-state index contributed by atoms with van der Waals surface area (Å²) in [6.45, 7) is 0. The molecule has 0 fully saturated rings. The minimum Gasteiger partial charge on any atom is -0.192 e. The molecule has 4 nitrogen and oxygen atoms in total. The molecule has 0 aliphatic carbocycles. The van der Waals surface area contributed by atoms with Crippen LogP contribution < -0.4 is 0 Å². The minimum absolute atomic E-state index is 0.592. The lowest BCUT2D eigenvalue weighted by Gasteiger charge is -2.17. The fraction of sp³-hybridized carbons (Fsp3) is 0. The Kier molecular flexibility index (Phi) is 6.73. The van der Waals surface area contributed by atoms with E-state index in [1.807, 2.05) is 97.1 Å². The first kappa shape index (κ1) is 25.8. The summed E-state index contributed by atoms with van der Waals surface area (Å²) in [6, 6.07) is 47.6. The number of hydrogen-bond donors (Lipinski definition) is 0. The normalized spacial score (nSPS) is 10.3. The Balaban J connectivity index is 1.63. The van der Waals surface area contributed by atoms with E-state index in [2.05, 4.69) is 48.5 Å². The second-order valence-electron chi connectivity index (χ2n) is 9.90. The fourth-order valence-corrected chi connectivity index (χ4v) is 5.20. The van der Waals surface area contributed by atoms with Gasteiger partial charge in [-0.15, -0.1) is 0 Å². The highest BCUT2D eigenvalue weighted by Gasteiger charge is 2.15. The van der Waals surface area contributed by atoms with Crippen molar-refractivity contribution in [1.29, 1.82) is 21.0 Å². The standard InChI is InChI=1S/C38H20N4/c39-21-25-1-9-29(10-2-25)35-17-33-19-37(31-13-5-27(23-41)6-14-31)38(32-15-7-28(24-42)8-16-32)20-34(33)18-36(35)30-11-3-26(22-40)4-12-30/h1-20H. The Labute approximate surface area is 243 Å². The van der Waals surface area contributed by atoms with Gasteiger partial charge in [-0.1, -0.05) is 48.5 Å². The summed E-state index contributed by atoms with van der Waals surface area (Å²) < 4.78 is 0. The van der Waals surface area contributed by atoms with Crippen molar-refractivity contribution in [3.8, 4) is 68.8 Å². The van der Waals surface area contributed by atoms with Gasteiger partial charge in [0.05, 0.1) is 46.5 Å². The van der Waals surface area contributed by atoms with Gasteiger partial charge in [-0.25, -0.2) is 0 Å². The van der Waals surface area contributed by atoms with Gasteiger partial charge < -0.3 is 0 Å². The third-order valence-electron chi connectivity index (χ3n) is 7.41. The van der Waals surface area contributed by atoms with Crippen molar-refractivity contribution < 1.29 is 0 Å². The van der Waals surface area contributed by atoms with Crippen molar-refractivity contribution in [1.82, 2.24) is 0 Å². The summed E-state index contributed by atoms with van der Waals surface area (Å²) in [5.74, 6) is 0. The summed E-state index contributed by atoms with van der Waals surface area (Å²) >= 11 is 0. The highest BCUT2D eigenvalue weighted by molar-refractivity contribution is 6.02. The molecule has 6 aromatic rings. The molecular formula is C38H20N4. The maximum Gasteiger partial charge on any atom is 0.0991 e. The van der Waals surface area contributed by atoms with E-state index in [0.717, 1.165) is 55.3 Å². The molecule has 4 heteroatoms. The number of hydrogen-bond acceptors (Lipinski definition) is 4. The number of benzene rings is 6. The Hall–Kier alpha value is -6.46. The van der Waals surface area contributed by atoms with Crippen molar-refractivity contribution in [2.45, 2.75) is 0 Å². The molecule has 0 saturated carbocycles. The van der Waals surface area contributed by atoms with Crippen LogP contribution in [0.15, 0.2) is 121 Å². The molecular weight excluding hydrogens is 512 g/mol. The quantitative estimate of drug-likeness (QED) is 0.226. The molecule has 0 aromatic heterocycles. The van der Waals surface area contributed by atoms with E-state index in [0.29, 0.717) is 22.3 Å². The molecule has 6 rings (SSSR count). The highest BCUT2D eigenvalue weighted by Crippen LogP contribution is 2.41. The highest BCUT2D eigenvalue weighted by atomic mass is 14.3. The van der Waals surface area contributed by atoms with Crippen LogP contribution in [-0.4, -0.2) is 0 Å². The fourth-order valence-electron chi connectivity index (χ4n) is 5.20. The molecule has 0 radical (unpaired) electrons. The van der Waals surface area contributed by atoms with Crippen LogP contribution >= 0.6 is 0 Å². The zero-order valence-electron chi connectivity index (χ0n) is 22.3. The molecule has 0 amide bonds. The Morgan fingerprint density at radius 3 is 0.643 bits per heavy atom. The monoisotopic (exact) mass is 532 g/mol. The molecule has 6 aromatic carbocycles. The lowest BCUT2D eigenvalue weighted by molar-refractivity contribution is 1.47. The van der Waals surface area contributed by atoms with Crippen LogP contribution in [0.5, 0.6) is 0 Å². The summed E-state index contributed by atoms with van der Waals surface area (Å²) in [6.07, 6.45) is 0. The average molecular weight is 533 g/mol. The van der Waals surface area contributed by atoms with Crippen LogP contribution in [-0.2, 0) is 0 Å². The van der Waals surface area contributed by atoms with Gasteiger partial charge in [0.15, 0.2) is 0 Å². The smallest absolute Gasteiger partial charge is 0.0991 e. The van der Waals surface area contributed by atoms with Crippen molar-refractivity contribution in [3.63, 3.8) is 0 Å². The van der Waals surface area contributed by atoms with Crippen LogP contribution in [0, 0.1) is 45.3 Å². The van der Waals surface area contributed by atoms with E-state index in [9.17, 15) is 21.0 Å². The van der Waals surface area contributed by atoms with Crippen LogP contribution in [0.2, 0.25) is 0 Å². The number of nitriles is 4. The SMILES string of the molecule is N#Cc1ccc(-c2cc3cc(-c4ccc(C#N)cc4)c(-c4ccc(C#N)cc4)cc3cc2-c2ccc(C#N)cc2)cc1. The average Bonchev–Trinajstić information content (AvgIpc) is 3.07. The van der Waals surface area contributed by atoms with Gasteiger partial charge in [0.25, 0.3) is 0 Å². The Bertz CT molecular complexity index is 1820. The van der Waals surface area contributed by atoms with Gasteiger partial charge in [-0.2, -0.15) is 21.0 Å². The Morgan fingerprint density at radius 1 is 0.286 bits per heavy atom. The predicted molar refractivity (Wildman–Crippen MR) is 165 cm³/mol. The summed E-state index contributed by atoms with van der Waals surface area (Å²) in [4.78, 5) is 0. The molecule has 0 unspecified atom stereocenters. The molecule has 42 heavy (non-hydrogen) atoms. The zero-order valence-corrected chi connectivity index (χ0v) is 22.3. The first-order valence-corrected chi connectivity index (χ1v) is 13.2. The van der Waals surface area contributed by atoms with Crippen LogP contribution in [0.1, 0.15) is 22.3 Å². The third-order valence-corrected chi connectivity index (χ3v) is 7.41. The second-order valence-corrected chi connectivity index (χ2v) is 9.90. The van der Waals surface area contributed by atoms with Gasteiger partial charge in [0.2, 0.25) is 0 Å². The van der Waals surface area contributed by atoms with Crippen LogP contribution in [0.25, 0.3) is 55.3 Å². The maximum atomic E-state index is 9.33. The van der Waals surface area contributed by atoms with Gasteiger partial charge >= 0.3 is 0 Å². The lowest BCUT2D eigenvalue weighted by Crippen LogP contribution is -1.91. The van der Waals surface area contributed by atoms with E-state index in [1.165, 1.54) is 0 Å². The molecule has 0 aliphatic heterocycles. The summed E-state index contributed by atoms with van der Waals surface area (Å²) in [5, 5.41) is 39.4. The van der Waals surface area contributed by atoms with Crippen molar-refractivity contribution >= 4 is 10.8 Å². The number of nitrogens with zero attached hydrogens (tertiary/aromatic N) is 4. The van der Waals surface area contributed by atoms with E-state index in [1.54, 1.807) is 0 Å². The Morgan fingerprint density at radius 2 is 0.476 bits per heavy atom. The molecule has 0 N–H and O–H groups in total. The van der Waals surface area contributed by atoms with Crippen molar-refractivity contribution in [3.05, 3.63) is 144 Å². The number of rotatable bonds is 4. The molecule has 192 valence electrons. The van der Waals surface area contributed by atoms with E-state index in [-0.39, 0.29) is 0 Å². The maximum absolute atomic E-state index is 9.33. The molecule has 0 heterocycles. The molecule has 0 saturated heterocycles. The largest absolute Gasteiger partial charge is 0.192 e. The number of fused-ring (bicyclic) bond motifs is 1. The van der Waals surface area contributed by atoms with Gasteiger partial charge in [-0.05, 0) is 128 Å². The molecule has 0 atom stereocenters. The topological polar surface area (TPSA) is 95.2 Å². The molecule has 0 bridgehead atoms. The van der Waals surface area contributed by atoms with E-state index in [4.69, 9.17) is 0 Å². The first-order valence-electron chi connectivity index (χ1n) is 13.2. The van der Waals surface area contributed by atoms with E-state index >= 15 is 0 Å². The summed E-state index contributed by atoms with van der Waals surface area (Å²) in [7, 11) is 0. The third kappa shape index (κ3) is 4.85. The first-order chi connectivity index (χ1) is 20.6. The van der Waals surface area contributed by atoms with Crippen molar-refractivity contribution in [2.24, 2.45) is 0 Å². The second kappa shape index (κ2) is 11.0. The predicted octanol–water partition coefficient (Wildman–Crippen LogP) is 8.99. The van der Waals surface area contributed by atoms with Crippen LogP contribution in [0.4, 0.5) is 0 Å². The van der Waals surface area contributed by atoms with Crippen LogP contribution in [0.3, 0.4) is 0 Å². The van der Waals surface area contributed by atoms with E-state index < -0.39 is 0 Å².